The molecule has 1 unspecified atom stereocenters. The molecule has 3 rings (SSSR count). The van der Waals surface area contributed by atoms with E-state index in [-0.39, 0.29) is 0 Å². The fourth-order valence-corrected chi connectivity index (χ4v) is 3.38. The van der Waals surface area contributed by atoms with Crippen molar-refractivity contribution in [2.75, 3.05) is 7.05 Å². The van der Waals surface area contributed by atoms with Crippen LogP contribution in [0.1, 0.15) is 47.9 Å². The first-order valence-electron chi connectivity index (χ1n) is 7.53. The largest absolute Gasteiger partial charge is 0.313 e. The zero-order chi connectivity index (χ0) is 14.7. The Morgan fingerprint density at radius 1 is 1.29 bits per heavy atom. The first kappa shape index (κ1) is 14.7. The van der Waals surface area contributed by atoms with Crippen molar-refractivity contribution >= 4 is 15.9 Å². The van der Waals surface area contributed by atoms with Gasteiger partial charge in [0.05, 0.1) is 0 Å². The summed E-state index contributed by atoms with van der Waals surface area (Å²) in [5.74, 6) is 0.914. The molecule has 3 nitrogen and oxygen atoms in total. The number of benzene rings is 1. The molecule has 110 valence electrons. The van der Waals surface area contributed by atoms with E-state index in [1.54, 1.807) is 0 Å². The lowest BCUT2D eigenvalue weighted by atomic mass is 10.0. The molecular weight excluding hydrogens is 326 g/mol. The second-order valence-electron chi connectivity index (χ2n) is 5.54. The van der Waals surface area contributed by atoms with Crippen LogP contribution in [0, 0.1) is 0 Å². The van der Waals surface area contributed by atoms with Crippen molar-refractivity contribution in [3.8, 4) is 0 Å². The highest BCUT2D eigenvalue weighted by Crippen LogP contribution is 2.27. The van der Waals surface area contributed by atoms with Crippen molar-refractivity contribution in [1.82, 2.24) is 15.3 Å². The van der Waals surface area contributed by atoms with Crippen LogP contribution in [0.4, 0.5) is 0 Å². The Kier molecular flexibility index (Phi) is 4.66. The van der Waals surface area contributed by atoms with Crippen LogP contribution < -0.4 is 5.32 Å². The van der Waals surface area contributed by atoms with Gasteiger partial charge in [0.15, 0.2) is 0 Å². The zero-order valence-electron chi connectivity index (χ0n) is 12.3. The van der Waals surface area contributed by atoms with E-state index >= 15 is 0 Å². The van der Waals surface area contributed by atoms with Gasteiger partial charge in [0.25, 0.3) is 0 Å². The van der Waals surface area contributed by atoms with Crippen LogP contribution >= 0.6 is 15.9 Å². The Balaban J connectivity index is 1.89. The Morgan fingerprint density at radius 2 is 2.14 bits per heavy atom. The van der Waals surface area contributed by atoms with E-state index in [9.17, 15) is 0 Å². The summed E-state index contributed by atoms with van der Waals surface area (Å²) >= 11 is 3.60. The lowest BCUT2D eigenvalue weighted by Gasteiger charge is -2.16. The monoisotopic (exact) mass is 345 g/mol. The summed E-state index contributed by atoms with van der Waals surface area (Å²) in [6, 6.07) is 8.68. The molecule has 1 aromatic carbocycles. The van der Waals surface area contributed by atoms with Crippen LogP contribution in [-0.2, 0) is 12.8 Å². The molecule has 1 aliphatic carbocycles. The third kappa shape index (κ3) is 3.33. The van der Waals surface area contributed by atoms with Gasteiger partial charge in [-0.1, -0.05) is 40.5 Å². The van der Waals surface area contributed by atoms with Gasteiger partial charge in [0, 0.05) is 34.4 Å². The molecule has 1 aliphatic rings. The van der Waals surface area contributed by atoms with E-state index in [0.717, 1.165) is 23.1 Å². The number of hydrogen-bond acceptors (Lipinski definition) is 3. The highest BCUT2D eigenvalue weighted by atomic mass is 79.9. The third-order valence-electron chi connectivity index (χ3n) is 4.14. The van der Waals surface area contributed by atoms with Gasteiger partial charge in [-0.25, -0.2) is 9.97 Å². The first-order chi connectivity index (χ1) is 10.3. The predicted octanol–water partition coefficient (Wildman–Crippen LogP) is 3.82. The predicted molar refractivity (Wildman–Crippen MR) is 88.3 cm³/mol. The summed E-state index contributed by atoms with van der Waals surface area (Å²) in [6.07, 6.45) is 7.52. The van der Waals surface area contributed by atoms with Crippen LogP contribution in [0.15, 0.2) is 34.9 Å². The highest BCUT2D eigenvalue weighted by molar-refractivity contribution is 9.10. The fourth-order valence-electron chi connectivity index (χ4n) is 2.95. The van der Waals surface area contributed by atoms with E-state index in [1.807, 2.05) is 19.3 Å². The van der Waals surface area contributed by atoms with Crippen molar-refractivity contribution in [2.45, 2.75) is 38.1 Å². The van der Waals surface area contributed by atoms with Gasteiger partial charge in [0.1, 0.15) is 5.82 Å². The average molecular weight is 346 g/mol. The minimum absolute atomic E-state index is 0.403. The Labute approximate surface area is 134 Å². The smallest absolute Gasteiger partial charge is 0.132 e. The minimum Gasteiger partial charge on any atom is -0.313 e. The summed E-state index contributed by atoms with van der Waals surface area (Å²) in [7, 11) is 2.02. The maximum atomic E-state index is 4.84. The number of nitrogens with one attached hydrogen (secondary N) is 1. The molecule has 21 heavy (non-hydrogen) atoms. The Hall–Kier alpha value is -1.26. The zero-order valence-corrected chi connectivity index (χ0v) is 13.9. The summed E-state index contributed by atoms with van der Waals surface area (Å²) < 4.78 is 1.12. The lowest BCUT2D eigenvalue weighted by molar-refractivity contribution is 0.531. The quantitative estimate of drug-likeness (QED) is 0.859. The Morgan fingerprint density at radius 3 is 2.95 bits per heavy atom. The van der Waals surface area contributed by atoms with Gasteiger partial charge < -0.3 is 5.32 Å². The lowest BCUT2D eigenvalue weighted by Crippen LogP contribution is -2.18. The summed E-state index contributed by atoms with van der Waals surface area (Å²) in [4.78, 5) is 9.43. The van der Waals surface area contributed by atoms with E-state index in [1.165, 1.54) is 36.1 Å². The van der Waals surface area contributed by atoms with Gasteiger partial charge in [-0.05, 0) is 37.9 Å². The highest BCUT2D eigenvalue weighted by Gasteiger charge is 2.19. The van der Waals surface area contributed by atoms with Crippen molar-refractivity contribution < 1.29 is 0 Å². The van der Waals surface area contributed by atoms with Crippen LogP contribution in [0.5, 0.6) is 0 Å². The van der Waals surface area contributed by atoms with Crippen molar-refractivity contribution in [1.29, 1.82) is 0 Å². The van der Waals surface area contributed by atoms with Crippen LogP contribution in [0.2, 0.25) is 0 Å². The van der Waals surface area contributed by atoms with Crippen LogP contribution in [0.3, 0.4) is 0 Å². The van der Waals surface area contributed by atoms with Crippen LogP contribution in [0.25, 0.3) is 0 Å². The minimum atomic E-state index is 0.403. The number of halogens is 1. The molecule has 0 bridgehead atoms. The molecule has 0 radical (unpaired) electrons. The molecule has 1 aromatic heterocycles. The normalized spacial score (nSPS) is 18.1. The molecule has 0 spiro atoms. The molecule has 0 saturated carbocycles. The van der Waals surface area contributed by atoms with Gasteiger partial charge in [-0.3, -0.25) is 0 Å². The van der Waals surface area contributed by atoms with Gasteiger partial charge in [-0.2, -0.15) is 0 Å². The maximum Gasteiger partial charge on any atom is 0.132 e. The third-order valence-corrected chi connectivity index (χ3v) is 4.91. The average Bonchev–Trinajstić information content (AvgIpc) is 2.71. The van der Waals surface area contributed by atoms with E-state index in [2.05, 4.69) is 44.4 Å². The summed E-state index contributed by atoms with van der Waals surface area (Å²) in [6.45, 7) is 0. The number of aryl methyl sites for hydroxylation is 1. The molecule has 0 saturated heterocycles. The van der Waals surface area contributed by atoms with Crippen molar-refractivity contribution in [3.05, 3.63) is 57.6 Å². The van der Waals surface area contributed by atoms with E-state index in [0.29, 0.717) is 6.04 Å². The van der Waals surface area contributed by atoms with Gasteiger partial charge in [0.2, 0.25) is 0 Å². The molecule has 1 heterocycles. The molecule has 4 heteroatoms. The molecule has 1 atom stereocenters. The molecule has 0 aliphatic heterocycles. The van der Waals surface area contributed by atoms with Crippen molar-refractivity contribution in [2.24, 2.45) is 0 Å². The van der Waals surface area contributed by atoms with Gasteiger partial charge in [-0.15, -0.1) is 0 Å². The summed E-state index contributed by atoms with van der Waals surface area (Å²) in [5.41, 5.74) is 3.74. The molecular formula is C17H20BrN3. The number of rotatable bonds is 3. The van der Waals surface area contributed by atoms with Crippen molar-refractivity contribution in [3.63, 3.8) is 0 Å². The second-order valence-corrected chi connectivity index (χ2v) is 6.40. The van der Waals surface area contributed by atoms with E-state index in [4.69, 9.17) is 4.98 Å². The number of fused-ring (bicyclic) bond motifs is 1. The molecule has 0 fully saturated rings. The number of aromatic nitrogens is 2. The number of nitrogens with zero attached hydrogens (tertiary/aromatic N) is 2. The fraction of sp³-hybridized carbons (Fsp3) is 0.412. The molecule has 2 aromatic rings. The second kappa shape index (κ2) is 6.67. The van der Waals surface area contributed by atoms with Crippen LogP contribution in [-0.4, -0.2) is 17.0 Å². The van der Waals surface area contributed by atoms with E-state index < -0.39 is 0 Å². The molecule has 1 N–H and O–H groups in total. The SMILES string of the molecule is CNC1CCCCc2nc(Cc3ccccc3Br)ncc21. The maximum absolute atomic E-state index is 4.84. The standard InChI is InChI=1S/C17H20BrN3/c1-19-15-8-4-5-9-16-13(15)11-20-17(21-16)10-12-6-2-3-7-14(12)18/h2-3,6-7,11,15,19H,4-5,8-10H2,1H3. The number of hydrogen-bond donors (Lipinski definition) is 1. The topological polar surface area (TPSA) is 37.8 Å². The van der Waals surface area contributed by atoms with Gasteiger partial charge >= 0.3 is 0 Å². The summed E-state index contributed by atoms with van der Waals surface area (Å²) in [5, 5.41) is 3.39. The molecule has 0 amide bonds. The Bertz CT molecular complexity index is 627. The first-order valence-corrected chi connectivity index (χ1v) is 8.32.